The van der Waals surface area contributed by atoms with Gasteiger partial charge in [-0.3, -0.25) is 0 Å². The van der Waals surface area contributed by atoms with E-state index in [4.69, 9.17) is 15.2 Å². The predicted octanol–water partition coefficient (Wildman–Crippen LogP) is 0.595. The molecule has 0 amide bonds. The van der Waals surface area contributed by atoms with Crippen molar-refractivity contribution in [2.24, 2.45) is 5.73 Å². The van der Waals surface area contributed by atoms with Crippen molar-refractivity contribution in [1.29, 1.82) is 0 Å². The van der Waals surface area contributed by atoms with Crippen LogP contribution in [-0.4, -0.2) is 23.7 Å². The molecule has 3 unspecified atom stereocenters. The predicted molar refractivity (Wildman–Crippen MR) is 54.7 cm³/mol. The van der Waals surface area contributed by atoms with Crippen LogP contribution in [0.25, 0.3) is 0 Å². The molecule has 0 spiro atoms. The minimum absolute atomic E-state index is 0.247. The van der Waals surface area contributed by atoms with Gasteiger partial charge >= 0.3 is 0 Å². The Hall–Kier alpha value is -0.940. The first-order valence-electron chi connectivity index (χ1n) is 5.00. The Labute approximate surface area is 88.6 Å². The zero-order valence-electron chi connectivity index (χ0n) is 8.37. The molecular formula is C11H15NO3. The average molecular weight is 209 g/mol. The van der Waals surface area contributed by atoms with Crippen LogP contribution in [0, 0.1) is 0 Å². The van der Waals surface area contributed by atoms with Crippen LogP contribution in [0.2, 0.25) is 0 Å². The lowest BCUT2D eigenvalue weighted by Gasteiger charge is -2.15. The number of rotatable bonds is 3. The Morgan fingerprint density at radius 2 is 2.13 bits per heavy atom. The van der Waals surface area contributed by atoms with E-state index in [1.54, 1.807) is 0 Å². The third-order valence-electron chi connectivity index (χ3n) is 2.37. The lowest BCUT2D eigenvalue weighted by Crippen LogP contribution is -2.32. The SMILES string of the molecule is NC1CC(O)OC1OCc1ccccc1. The van der Waals surface area contributed by atoms with Crippen LogP contribution in [0.15, 0.2) is 30.3 Å². The molecule has 15 heavy (non-hydrogen) atoms. The van der Waals surface area contributed by atoms with Crippen LogP contribution in [0.1, 0.15) is 12.0 Å². The van der Waals surface area contributed by atoms with Gasteiger partial charge in [-0.25, -0.2) is 0 Å². The summed E-state index contributed by atoms with van der Waals surface area (Å²) >= 11 is 0. The van der Waals surface area contributed by atoms with E-state index in [2.05, 4.69) is 0 Å². The van der Waals surface area contributed by atoms with Crippen molar-refractivity contribution in [1.82, 2.24) is 0 Å². The van der Waals surface area contributed by atoms with Gasteiger partial charge in [0.25, 0.3) is 0 Å². The molecule has 1 aromatic rings. The minimum atomic E-state index is -0.791. The molecule has 0 saturated carbocycles. The summed E-state index contributed by atoms with van der Waals surface area (Å²) in [6.07, 6.45) is -0.861. The Morgan fingerprint density at radius 3 is 2.73 bits per heavy atom. The number of hydrogen-bond donors (Lipinski definition) is 2. The van der Waals surface area contributed by atoms with Gasteiger partial charge in [0, 0.05) is 6.42 Å². The van der Waals surface area contributed by atoms with Crippen molar-refractivity contribution in [3.8, 4) is 0 Å². The summed E-state index contributed by atoms with van der Waals surface area (Å²) in [6, 6.07) is 9.54. The Balaban J connectivity index is 1.84. The van der Waals surface area contributed by atoms with Gasteiger partial charge in [0.1, 0.15) is 0 Å². The van der Waals surface area contributed by atoms with Crippen molar-refractivity contribution in [2.45, 2.75) is 31.6 Å². The third-order valence-corrected chi connectivity index (χ3v) is 2.37. The molecule has 82 valence electrons. The molecule has 1 fully saturated rings. The number of nitrogens with two attached hydrogens (primary N) is 1. The molecule has 0 bridgehead atoms. The van der Waals surface area contributed by atoms with E-state index in [1.165, 1.54) is 0 Å². The first kappa shape index (κ1) is 10.6. The largest absolute Gasteiger partial charge is 0.368 e. The highest BCUT2D eigenvalue weighted by Gasteiger charge is 2.32. The van der Waals surface area contributed by atoms with Crippen LogP contribution in [-0.2, 0) is 16.1 Å². The summed E-state index contributed by atoms with van der Waals surface area (Å²) in [5.41, 5.74) is 6.79. The zero-order valence-corrected chi connectivity index (χ0v) is 8.37. The summed E-state index contributed by atoms with van der Waals surface area (Å²) in [4.78, 5) is 0. The van der Waals surface area contributed by atoms with E-state index < -0.39 is 12.6 Å². The topological polar surface area (TPSA) is 64.7 Å². The fraction of sp³-hybridized carbons (Fsp3) is 0.455. The fourth-order valence-corrected chi connectivity index (χ4v) is 1.57. The van der Waals surface area contributed by atoms with E-state index in [0.717, 1.165) is 5.56 Å². The highest BCUT2D eigenvalue weighted by molar-refractivity contribution is 5.13. The second kappa shape index (κ2) is 4.72. The lowest BCUT2D eigenvalue weighted by atomic mass is 10.2. The van der Waals surface area contributed by atoms with Gasteiger partial charge in [0.2, 0.25) is 0 Å². The van der Waals surface area contributed by atoms with Crippen molar-refractivity contribution < 1.29 is 14.6 Å². The molecule has 0 radical (unpaired) electrons. The normalized spacial score (nSPS) is 30.7. The van der Waals surface area contributed by atoms with Crippen molar-refractivity contribution in [3.63, 3.8) is 0 Å². The van der Waals surface area contributed by atoms with E-state index in [0.29, 0.717) is 13.0 Å². The van der Waals surface area contributed by atoms with Gasteiger partial charge in [-0.2, -0.15) is 0 Å². The summed E-state index contributed by atoms with van der Waals surface area (Å²) in [7, 11) is 0. The Kier molecular flexibility index (Phi) is 3.33. The van der Waals surface area contributed by atoms with E-state index in [9.17, 15) is 5.11 Å². The monoisotopic (exact) mass is 209 g/mol. The van der Waals surface area contributed by atoms with Crippen LogP contribution in [0.4, 0.5) is 0 Å². The fourth-order valence-electron chi connectivity index (χ4n) is 1.57. The first-order chi connectivity index (χ1) is 7.25. The van der Waals surface area contributed by atoms with Gasteiger partial charge in [-0.05, 0) is 5.56 Å². The number of benzene rings is 1. The Bertz CT molecular complexity index is 304. The number of ether oxygens (including phenoxy) is 2. The second-order valence-corrected chi connectivity index (χ2v) is 3.66. The van der Waals surface area contributed by atoms with Gasteiger partial charge < -0.3 is 20.3 Å². The highest BCUT2D eigenvalue weighted by Crippen LogP contribution is 2.19. The molecule has 4 nitrogen and oxygen atoms in total. The van der Waals surface area contributed by atoms with Crippen molar-refractivity contribution in [3.05, 3.63) is 35.9 Å². The van der Waals surface area contributed by atoms with Crippen LogP contribution in [0.3, 0.4) is 0 Å². The molecule has 4 heteroatoms. The molecular weight excluding hydrogens is 194 g/mol. The smallest absolute Gasteiger partial charge is 0.176 e. The molecule has 0 aromatic heterocycles. The molecule has 1 heterocycles. The summed E-state index contributed by atoms with van der Waals surface area (Å²) in [5, 5.41) is 9.18. The van der Waals surface area contributed by atoms with Crippen LogP contribution in [0.5, 0.6) is 0 Å². The van der Waals surface area contributed by atoms with Crippen molar-refractivity contribution in [2.75, 3.05) is 0 Å². The highest BCUT2D eigenvalue weighted by atomic mass is 16.7. The molecule has 2 rings (SSSR count). The van der Waals surface area contributed by atoms with Crippen molar-refractivity contribution >= 4 is 0 Å². The molecule has 1 aliphatic rings. The van der Waals surface area contributed by atoms with Gasteiger partial charge in [-0.1, -0.05) is 30.3 Å². The van der Waals surface area contributed by atoms with E-state index >= 15 is 0 Å². The summed E-state index contributed by atoms with van der Waals surface area (Å²) < 4.78 is 10.6. The Morgan fingerprint density at radius 1 is 1.40 bits per heavy atom. The maximum absolute atomic E-state index is 9.18. The van der Waals surface area contributed by atoms with E-state index in [1.807, 2.05) is 30.3 Å². The maximum atomic E-state index is 9.18. The quantitative estimate of drug-likeness (QED) is 0.765. The average Bonchev–Trinajstić information content (AvgIpc) is 2.56. The molecule has 1 aliphatic heterocycles. The van der Waals surface area contributed by atoms with Crippen LogP contribution >= 0.6 is 0 Å². The first-order valence-corrected chi connectivity index (χ1v) is 5.00. The molecule has 1 saturated heterocycles. The number of aliphatic hydroxyl groups is 1. The van der Waals surface area contributed by atoms with Gasteiger partial charge in [-0.15, -0.1) is 0 Å². The number of aliphatic hydroxyl groups excluding tert-OH is 1. The summed E-state index contributed by atoms with van der Waals surface area (Å²) in [5.74, 6) is 0. The molecule has 3 atom stereocenters. The molecule has 3 N–H and O–H groups in total. The standard InChI is InChI=1S/C11H15NO3/c12-9-6-10(13)15-11(9)14-7-8-4-2-1-3-5-8/h1-5,9-11,13H,6-7,12H2. The van der Waals surface area contributed by atoms with Gasteiger partial charge in [0.15, 0.2) is 12.6 Å². The van der Waals surface area contributed by atoms with Gasteiger partial charge in [0.05, 0.1) is 12.6 Å². The molecule has 0 aliphatic carbocycles. The second-order valence-electron chi connectivity index (χ2n) is 3.66. The molecule has 1 aromatic carbocycles. The van der Waals surface area contributed by atoms with Crippen LogP contribution < -0.4 is 5.73 Å². The third kappa shape index (κ3) is 2.76. The summed E-state index contributed by atoms with van der Waals surface area (Å²) in [6.45, 7) is 0.450. The van der Waals surface area contributed by atoms with E-state index in [-0.39, 0.29) is 6.04 Å². The minimum Gasteiger partial charge on any atom is -0.368 e. The lowest BCUT2D eigenvalue weighted by molar-refractivity contribution is -0.193. The maximum Gasteiger partial charge on any atom is 0.176 e. The zero-order chi connectivity index (χ0) is 10.7. The number of hydrogen-bond acceptors (Lipinski definition) is 4.